The van der Waals surface area contributed by atoms with Gasteiger partial charge in [-0.25, -0.2) is 0 Å². The van der Waals surface area contributed by atoms with Crippen molar-refractivity contribution in [3.8, 4) is 5.75 Å². The van der Waals surface area contributed by atoms with E-state index in [1.165, 1.54) is 5.56 Å². The van der Waals surface area contributed by atoms with Crippen LogP contribution >= 0.6 is 12.4 Å². The minimum absolute atomic E-state index is 0. The van der Waals surface area contributed by atoms with E-state index in [1.807, 2.05) is 37.1 Å². The summed E-state index contributed by atoms with van der Waals surface area (Å²) in [7, 11) is 1.98. The zero-order chi connectivity index (χ0) is 16.1. The molecule has 1 amide bonds. The number of nitrogens with zero attached hydrogens (tertiary/aromatic N) is 1. The third-order valence-corrected chi connectivity index (χ3v) is 4.40. The summed E-state index contributed by atoms with van der Waals surface area (Å²) in [6.07, 6.45) is 1.59. The topological polar surface area (TPSA) is 41.6 Å². The number of carbonyl (C=O) groups excluding carboxylic acids is 1. The van der Waals surface area contributed by atoms with Crippen molar-refractivity contribution in [2.45, 2.75) is 51.7 Å². The van der Waals surface area contributed by atoms with Gasteiger partial charge in [-0.15, -0.1) is 12.4 Å². The Balaban J connectivity index is 0.00000264. The number of carbonyl (C=O) groups is 1. The smallest absolute Gasteiger partial charge is 0.263 e. The largest absolute Gasteiger partial charge is 0.481 e. The first-order valence-electron chi connectivity index (χ1n) is 8.24. The monoisotopic (exact) mass is 340 g/mol. The van der Waals surface area contributed by atoms with E-state index in [2.05, 4.69) is 25.2 Å². The molecule has 0 spiro atoms. The third-order valence-electron chi connectivity index (χ3n) is 4.40. The average molecular weight is 341 g/mol. The van der Waals surface area contributed by atoms with E-state index in [0.29, 0.717) is 12.0 Å². The molecule has 1 aliphatic heterocycles. The van der Waals surface area contributed by atoms with Crippen LogP contribution in [0.2, 0.25) is 0 Å². The highest BCUT2D eigenvalue weighted by atomic mass is 35.5. The van der Waals surface area contributed by atoms with Crippen molar-refractivity contribution in [1.82, 2.24) is 10.2 Å². The number of likely N-dealkylation sites (tertiary alicyclic amines) is 1. The molecule has 0 bridgehead atoms. The second-order valence-electron chi connectivity index (χ2n) is 6.38. The van der Waals surface area contributed by atoms with E-state index in [4.69, 9.17) is 4.74 Å². The molecule has 1 aromatic carbocycles. The number of halogens is 1. The van der Waals surface area contributed by atoms with Crippen LogP contribution < -0.4 is 10.1 Å². The van der Waals surface area contributed by atoms with Gasteiger partial charge in [0.15, 0.2) is 6.10 Å². The fourth-order valence-electron chi connectivity index (χ4n) is 2.85. The Hall–Kier alpha value is -1.26. The maximum absolute atomic E-state index is 12.5. The molecule has 0 radical (unpaired) electrons. The molecule has 23 heavy (non-hydrogen) atoms. The summed E-state index contributed by atoms with van der Waals surface area (Å²) in [6.45, 7) is 7.77. The number of benzene rings is 1. The fraction of sp³-hybridized carbons (Fsp3) is 0.611. The van der Waals surface area contributed by atoms with E-state index in [-0.39, 0.29) is 18.3 Å². The van der Waals surface area contributed by atoms with Gasteiger partial charge in [-0.1, -0.05) is 26.0 Å². The number of piperidine rings is 1. The quantitative estimate of drug-likeness (QED) is 0.894. The van der Waals surface area contributed by atoms with Crippen LogP contribution in [-0.2, 0) is 4.79 Å². The Bertz CT molecular complexity index is 500. The first-order valence-corrected chi connectivity index (χ1v) is 8.24. The number of hydrogen-bond acceptors (Lipinski definition) is 3. The zero-order valence-electron chi connectivity index (χ0n) is 14.5. The molecule has 5 heteroatoms. The molecule has 1 N–H and O–H groups in total. The first kappa shape index (κ1) is 19.8. The van der Waals surface area contributed by atoms with Crippen LogP contribution in [0.15, 0.2) is 24.3 Å². The van der Waals surface area contributed by atoms with Crippen LogP contribution in [0.25, 0.3) is 0 Å². The maximum Gasteiger partial charge on any atom is 0.263 e. The molecule has 1 heterocycles. The van der Waals surface area contributed by atoms with Gasteiger partial charge < -0.3 is 15.0 Å². The van der Waals surface area contributed by atoms with E-state index in [0.717, 1.165) is 31.7 Å². The standard InChI is InChI=1S/C18H28N2O2.ClH/c1-13(2)15-6-5-7-17(12-15)22-14(3)18(21)20-10-8-16(19-4)9-11-20;/h5-7,12-14,16,19H,8-11H2,1-4H3;1H. The summed E-state index contributed by atoms with van der Waals surface area (Å²) < 4.78 is 5.87. The Morgan fingerprint density at radius 2 is 1.91 bits per heavy atom. The van der Waals surface area contributed by atoms with E-state index in [1.54, 1.807) is 0 Å². The highest BCUT2D eigenvalue weighted by Gasteiger charge is 2.26. The molecule has 0 aromatic heterocycles. The number of hydrogen-bond donors (Lipinski definition) is 1. The summed E-state index contributed by atoms with van der Waals surface area (Å²) in [5.74, 6) is 1.32. The molecule has 1 aromatic rings. The summed E-state index contributed by atoms with van der Waals surface area (Å²) in [5.41, 5.74) is 1.23. The van der Waals surface area contributed by atoms with Crippen molar-refractivity contribution in [2.75, 3.05) is 20.1 Å². The minimum Gasteiger partial charge on any atom is -0.481 e. The number of nitrogens with one attached hydrogen (secondary N) is 1. The molecule has 4 nitrogen and oxygen atoms in total. The molecular weight excluding hydrogens is 312 g/mol. The second-order valence-corrected chi connectivity index (χ2v) is 6.38. The number of rotatable bonds is 5. The SMILES string of the molecule is CNC1CCN(C(=O)C(C)Oc2cccc(C(C)C)c2)CC1.Cl. The van der Waals surface area contributed by atoms with Crippen LogP contribution in [0.4, 0.5) is 0 Å². The molecular formula is C18H29ClN2O2. The van der Waals surface area contributed by atoms with E-state index in [9.17, 15) is 4.79 Å². The van der Waals surface area contributed by atoms with Gasteiger partial charge in [-0.3, -0.25) is 4.79 Å². The lowest BCUT2D eigenvalue weighted by molar-refractivity contribution is -0.139. The van der Waals surface area contributed by atoms with Gasteiger partial charge in [0.25, 0.3) is 5.91 Å². The van der Waals surface area contributed by atoms with Crippen LogP contribution in [0.5, 0.6) is 5.75 Å². The molecule has 0 aliphatic carbocycles. The molecule has 0 saturated carbocycles. The van der Waals surface area contributed by atoms with Gasteiger partial charge in [-0.2, -0.15) is 0 Å². The highest BCUT2D eigenvalue weighted by molar-refractivity contribution is 5.85. The molecule has 1 saturated heterocycles. The van der Waals surface area contributed by atoms with Crippen LogP contribution in [-0.4, -0.2) is 43.1 Å². The van der Waals surface area contributed by atoms with Crippen molar-refractivity contribution >= 4 is 18.3 Å². The van der Waals surface area contributed by atoms with Crippen LogP contribution in [0.1, 0.15) is 45.1 Å². The van der Waals surface area contributed by atoms with Crippen molar-refractivity contribution < 1.29 is 9.53 Å². The van der Waals surface area contributed by atoms with Crippen LogP contribution in [0, 0.1) is 0 Å². The maximum atomic E-state index is 12.5. The Morgan fingerprint density at radius 3 is 2.48 bits per heavy atom. The average Bonchev–Trinajstić information content (AvgIpc) is 2.54. The van der Waals surface area contributed by atoms with Gasteiger partial charge in [-0.05, 0) is 50.4 Å². The number of amides is 1. The van der Waals surface area contributed by atoms with Gasteiger partial charge in [0.05, 0.1) is 0 Å². The Kier molecular flexibility index (Phi) is 7.86. The minimum atomic E-state index is -0.437. The lowest BCUT2D eigenvalue weighted by atomic mass is 10.0. The first-order chi connectivity index (χ1) is 10.5. The predicted molar refractivity (Wildman–Crippen MR) is 96.5 cm³/mol. The normalized spacial score (nSPS) is 16.8. The lowest BCUT2D eigenvalue weighted by Crippen LogP contribution is -2.48. The number of ether oxygens (including phenoxy) is 1. The van der Waals surface area contributed by atoms with Gasteiger partial charge in [0, 0.05) is 19.1 Å². The third kappa shape index (κ3) is 5.40. The van der Waals surface area contributed by atoms with Crippen molar-refractivity contribution in [3.05, 3.63) is 29.8 Å². The molecule has 1 unspecified atom stereocenters. The Morgan fingerprint density at radius 1 is 1.26 bits per heavy atom. The van der Waals surface area contributed by atoms with E-state index < -0.39 is 6.10 Å². The molecule has 130 valence electrons. The zero-order valence-corrected chi connectivity index (χ0v) is 15.4. The highest BCUT2D eigenvalue weighted by Crippen LogP contribution is 2.21. The van der Waals surface area contributed by atoms with Crippen LogP contribution in [0.3, 0.4) is 0 Å². The molecule has 1 atom stereocenters. The van der Waals surface area contributed by atoms with Crippen molar-refractivity contribution in [1.29, 1.82) is 0 Å². The summed E-state index contributed by atoms with van der Waals surface area (Å²) in [4.78, 5) is 14.4. The van der Waals surface area contributed by atoms with E-state index >= 15 is 0 Å². The van der Waals surface area contributed by atoms with Crippen molar-refractivity contribution in [2.24, 2.45) is 0 Å². The predicted octanol–water partition coefficient (Wildman–Crippen LogP) is 3.21. The van der Waals surface area contributed by atoms with Gasteiger partial charge >= 0.3 is 0 Å². The summed E-state index contributed by atoms with van der Waals surface area (Å²) in [6, 6.07) is 8.56. The van der Waals surface area contributed by atoms with Crippen molar-refractivity contribution in [3.63, 3.8) is 0 Å². The molecule has 2 rings (SSSR count). The second kappa shape index (κ2) is 9.14. The molecule has 1 aliphatic rings. The van der Waals surface area contributed by atoms with Gasteiger partial charge in [0.1, 0.15) is 5.75 Å². The van der Waals surface area contributed by atoms with Gasteiger partial charge in [0.2, 0.25) is 0 Å². The summed E-state index contributed by atoms with van der Waals surface area (Å²) >= 11 is 0. The fourth-order valence-corrected chi connectivity index (χ4v) is 2.85. The summed E-state index contributed by atoms with van der Waals surface area (Å²) in [5, 5.41) is 3.28. The molecule has 1 fully saturated rings. The Labute approximate surface area is 146 Å². The lowest BCUT2D eigenvalue weighted by Gasteiger charge is -2.33.